The monoisotopic (exact) mass is 276 g/mol. The lowest BCUT2D eigenvalue weighted by molar-refractivity contribution is 0.0689. The van der Waals surface area contributed by atoms with Crippen molar-refractivity contribution in [3.8, 4) is 11.5 Å². The zero-order valence-electron chi connectivity index (χ0n) is 10.6. The fourth-order valence-electron chi connectivity index (χ4n) is 1.57. The summed E-state index contributed by atoms with van der Waals surface area (Å²) in [5.74, 6) is -0.141. The Morgan fingerprint density at radius 2 is 2.05 bits per heavy atom. The number of hydrogen-bond donors (Lipinski definition) is 2. The Bertz CT molecular complexity index is 680. The van der Waals surface area contributed by atoms with Gasteiger partial charge in [0.05, 0.1) is 7.11 Å². The Kier molecular flexibility index (Phi) is 3.99. The molecule has 0 bridgehead atoms. The molecule has 1 aromatic heterocycles. The summed E-state index contributed by atoms with van der Waals surface area (Å²) in [4.78, 5) is 28.3. The van der Waals surface area contributed by atoms with E-state index in [9.17, 15) is 9.59 Å². The van der Waals surface area contributed by atoms with E-state index in [0.29, 0.717) is 11.5 Å². The third-order valence-corrected chi connectivity index (χ3v) is 2.44. The van der Waals surface area contributed by atoms with Crippen LogP contribution in [0.5, 0.6) is 11.5 Å². The highest BCUT2D eigenvalue weighted by Crippen LogP contribution is 2.26. The standard InChI is InChI=1S/C13H12N2O5/c1-19-9-4-2-3-5-10(9)20-7-11-14-8(13(17)18)6-12(16)15-11/h2-6H,7H2,1H3,(H,17,18)(H,14,15,16). The van der Waals surface area contributed by atoms with E-state index >= 15 is 0 Å². The Balaban J connectivity index is 2.19. The van der Waals surface area contributed by atoms with Crippen molar-refractivity contribution in [1.29, 1.82) is 0 Å². The molecule has 20 heavy (non-hydrogen) atoms. The maximum absolute atomic E-state index is 11.3. The third kappa shape index (κ3) is 3.14. The minimum Gasteiger partial charge on any atom is -0.493 e. The first-order valence-electron chi connectivity index (χ1n) is 5.69. The smallest absolute Gasteiger partial charge is 0.354 e. The van der Waals surface area contributed by atoms with Crippen molar-refractivity contribution in [3.05, 3.63) is 52.2 Å². The summed E-state index contributed by atoms with van der Waals surface area (Å²) in [6, 6.07) is 7.88. The molecule has 0 saturated heterocycles. The zero-order chi connectivity index (χ0) is 14.5. The highest BCUT2D eigenvalue weighted by molar-refractivity contribution is 5.85. The Labute approximate surface area is 113 Å². The van der Waals surface area contributed by atoms with Crippen LogP contribution in [-0.2, 0) is 6.61 Å². The van der Waals surface area contributed by atoms with E-state index in [1.54, 1.807) is 24.3 Å². The maximum atomic E-state index is 11.3. The van der Waals surface area contributed by atoms with Crippen LogP contribution in [0.25, 0.3) is 0 Å². The van der Waals surface area contributed by atoms with E-state index in [2.05, 4.69) is 9.97 Å². The first-order chi connectivity index (χ1) is 9.60. The number of carboxylic acid groups (broad SMARTS) is 1. The second-order valence-electron chi connectivity index (χ2n) is 3.82. The summed E-state index contributed by atoms with van der Waals surface area (Å²) in [5, 5.41) is 8.83. The lowest BCUT2D eigenvalue weighted by Gasteiger charge is -2.09. The van der Waals surface area contributed by atoms with Gasteiger partial charge in [-0.25, -0.2) is 9.78 Å². The summed E-state index contributed by atoms with van der Waals surface area (Å²) in [6.45, 7) is -0.0727. The van der Waals surface area contributed by atoms with E-state index in [1.165, 1.54) is 7.11 Å². The summed E-state index contributed by atoms with van der Waals surface area (Å²) < 4.78 is 10.6. The first-order valence-corrected chi connectivity index (χ1v) is 5.69. The van der Waals surface area contributed by atoms with E-state index < -0.39 is 11.5 Å². The van der Waals surface area contributed by atoms with Gasteiger partial charge in [0.2, 0.25) is 0 Å². The van der Waals surface area contributed by atoms with E-state index in [4.69, 9.17) is 14.6 Å². The van der Waals surface area contributed by atoms with Gasteiger partial charge in [0.1, 0.15) is 12.4 Å². The van der Waals surface area contributed by atoms with Crippen molar-refractivity contribution < 1.29 is 19.4 Å². The lowest BCUT2D eigenvalue weighted by atomic mass is 10.3. The molecule has 7 nitrogen and oxygen atoms in total. The summed E-state index contributed by atoms with van der Waals surface area (Å²) >= 11 is 0. The van der Waals surface area contributed by atoms with E-state index in [0.717, 1.165) is 6.07 Å². The maximum Gasteiger partial charge on any atom is 0.354 e. The number of H-pyrrole nitrogens is 1. The van der Waals surface area contributed by atoms with E-state index in [-0.39, 0.29) is 18.1 Å². The van der Waals surface area contributed by atoms with Crippen LogP contribution in [0.3, 0.4) is 0 Å². The van der Waals surface area contributed by atoms with Crippen molar-refractivity contribution in [2.45, 2.75) is 6.61 Å². The van der Waals surface area contributed by atoms with Gasteiger partial charge in [0, 0.05) is 6.07 Å². The number of carbonyl (C=O) groups is 1. The minimum atomic E-state index is -1.27. The SMILES string of the molecule is COc1ccccc1OCc1nc(C(=O)O)cc(=O)[nH]1. The normalized spacial score (nSPS) is 10.1. The van der Waals surface area contributed by atoms with Crippen molar-refractivity contribution in [3.63, 3.8) is 0 Å². The van der Waals surface area contributed by atoms with Crippen molar-refractivity contribution in [2.24, 2.45) is 0 Å². The highest BCUT2D eigenvalue weighted by atomic mass is 16.5. The van der Waals surface area contributed by atoms with Crippen LogP contribution in [-0.4, -0.2) is 28.2 Å². The number of nitrogens with zero attached hydrogens (tertiary/aromatic N) is 1. The van der Waals surface area contributed by atoms with Crippen LogP contribution in [0.15, 0.2) is 35.1 Å². The molecule has 2 rings (SSSR count). The fraction of sp³-hybridized carbons (Fsp3) is 0.154. The number of para-hydroxylation sites is 2. The van der Waals surface area contributed by atoms with Gasteiger partial charge in [0.15, 0.2) is 17.2 Å². The number of ether oxygens (including phenoxy) is 2. The van der Waals surface area contributed by atoms with Crippen LogP contribution < -0.4 is 15.0 Å². The van der Waals surface area contributed by atoms with Crippen LogP contribution in [0.1, 0.15) is 16.3 Å². The summed E-state index contributed by atoms with van der Waals surface area (Å²) in [6.07, 6.45) is 0. The molecule has 0 saturated carbocycles. The number of aromatic amines is 1. The number of benzene rings is 1. The van der Waals surface area contributed by atoms with E-state index in [1.807, 2.05) is 0 Å². The van der Waals surface area contributed by atoms with Crippen LogP contribution in [0, 0.1) is 0 Å². The van der Waals surface area contributed by atoms with Crippen LogP contribution in [0.4, 0.5) is 0 Å². The van der Waals surface area contributed by atoms with Gasteiger partial charge in [0.25, 0.3) is 5.56 Å². The van der Waals surface area contributed by atoms with Gasteiger partial charge in [-0.2, -0.15) is 0 Å². The first kappa shape index (κ1) is 13.6. The van der Waals surface area contributed by atoms with Crippen molar-refractivity contribution in [2.75, 3.05) is 7.11 Å². The molecule has 0 radical (unpaired) electrons. The molecule has 0 unspecified atom stereocenters. The van der Waals surface area contributed by atoms with Crippen molar-refractivity contribution >= 4 is 5.97 Å². The lowest BCUT2D eigenvalue weighted by Crippen LogP contribution is -2.17. The predicted octanol–water partition coefficient (Wildman–Crippen LogP) is 1.06. The summed E-state index contributed by atoms with van der Waals surface area (Å²) in [7, 11) is 1.51. The Morgan fingerprint density at radius 1 is 1.35 bits per heavy atom. The van der Waals surface area contributed by atoms with Gasteiger partial charge in [-0.15, -0.1) is 0 Å². The quantitative estimate of drug-likeness (QED) is 0.846. The van der Waals surface area contributed by atoms with Crippen LogP contribution >= 0.6 is 0 Å². The highest BCUT2D eigenvalue weighted by Gasteiger charge is 2.09. The third-order valence-electron chi connectivity index (χ3n) is 2.44. The average Bonchev–Trinajstić information content (AvgIpc) is 2.44. The van der Waals surface area contributed by atoms with Gasteiger partial charge in [-0.1, -0.05) is 12.1 Å². The molecule has 0 atom stereocenters. The predicted molar refractivity (Wildman–Crippen MR) is 69.1 cm³/mol. The number of methoxy groups -OCH3 is 1. The average molecular weight is 276 g/mol. The van der Waals surface area contributed by atoms with Gasteiger partial charge < -0.3 is 19.6 Å². The molecule has 2 N–H and O–H groups in total. The minimum absolute atomic E-state index is 0.0727. The number of hydrogen-bond acceptors (Lipinski definition) is 5. The number of aromatic carboxylic acids is 1. The Hall–Kier alpha value is -2.83. The molecular weight excluding hydrogens is 264 g/mol. The number of aromatic nitrogens is 2. The van der Waals surface area contributed by atoms with Gasteiger partial charge >= 0.3 is 5.97 Å². The molecule has 2 aromatic rings. The molecular formula is C13H12N2O5. The van der Waals surface area contributed by atoms with Gasteiger partial charge in [-0.3, -0.25) is 4.79 Å². The van der Waals surface area contributed by atoms with Crippen LogP contribution in [0.2, 0.25) is 0 Å². The van der Waals surface area contributed by atoms with Gasteiger partial charge in [-0.05, 0) is 12.1 Å². The zero-order valence-corrected chi connectivity index (χ0v) is 10.6. The second kappa shape index (κ2) is 5.87. The molecule has 1 aromatic carbocycles. The molecule has 0 aliphatic heterocycles. The topological polar surface area (TPSA) is 102 Å². The molecule has 7 heteroatoms. The molecule has 1 heterocycles. The molecule has 104 valence electrons. The number of carboxylic acids is 1. The molecule has 0 aliphatic carbocycles. The Morgan fingerprint density at radius 3 is 2.70 bits per heavy atom. The molecule has 0 amide bonds. The summed E-state index contributed by atoms with van der Waals surface area (Å²) in [5.41, 5.74) is -0.872. The second-order valence-corrected chi connectivity index (χ2v) is 3.82. The number of rotatable bonds is 5. The molecule has 0 fully saturated rings. The molecule has 0 spiro atoms. The molecule has 0 aliphatic rings. The fourth-order valence-corrected chi connectivity index (χ4v) is 1.57. The van der Waals surface area contributed by atoms with Crippen molar-refractivity contribution in [1.82, 2.24) is 9.97 Å². The number of nitrogens with one attached hydrogen (secondary N) is 1. The largest absolute Gasteiger partial charge is 0.493 e.